The van der Waals surface area contributed by atoms with E-state index >= 15 is 0 Å². The SMILES string of the molecule is COCC(CO)Nc1ncncc1N. The number of nitrogens with one attached hydrogen (secondary N) is 1. The van der Waals surface area contributed by atoms with Gasteiger partial charge in [-0.1, -0.05) is 0 Å². The summed E-state index contributed by atoms with van der Waals surface area (Å²) in [5.41, 5.74) is 6.06. The Labute approximate surface area is 82.1 Å². The minimum absolute atomic E-state index is 0.0444. The van der Waals surface area contributed by atoms with Crippen LogP contribution in [0.2, 0.25) is 0 Å². The molecular formula is C8H14N4O2. The predicted octanol–water partition coefficient (Wildman–Crippen LogP) is -0.522. The standard InChI is InChI=1S/C8H14N4O2/c1-14-4-6(3-13)12-8-7(9)2-10-5-11-8/h2,5-6,13H,3-4,9H2,1H3,(H,10,11,12). The minimum Gasteiger partial charge on any atom is -0.394 e. The number of hydrogen-bond donors (Lipinski definition) is 3. The molecule has 1 heterocycles. The topological polar surface area (TPSA) is 93.3 Å². The van der Waals surface area contributed by atoms with E-state index < -0.39 is 0 Å². The lowest BCUT2D eigenvalue weighted by Gasteiger charge is -2.16. The van der Waals surface area contributed by atoms with Crippen LogP contribution >= 0.6 is 0 Å². The zero-order valence-corrected chi connectivity index (χ0v) is 7.97. The number of hydrogen-bond acceptors (Lipinski definition) is 6. The van der Waals surface area contributed by atoms with E-state index in [-0.39, 0.29) is 12.6 Å². The molecule has 78 valence electrons. The summed E-state index contributed by atoms with van der Waals surface area (Å²) in [6.07, 6.45) is 2.89. The van der Waals surface area contributed by atoms with Crippen molar-refractivity contribution in [1.29, 1.82) is 0 Å². The van der Waals surface area contributed by atoms with Crippen LogP contribution in [0.4, 0.5) is 11.5 Å². The van der Waals surface area contributed by atoms with Gasteiger partial charge in [-0.2, -0.15) is 0 Å². The van der Waals surface area contributed by atoms with Gasteiger partial charge in [-0.15, -0.1) is 0 Å². The number of anilines is 2. The molecule has 0 saturated heterocycles. The van der Waals surface area contributed by atoms with Crippen molar-refractivity contribution in [3.05, 3.63) is 12.5 Å². The zero-order chi connectivity index (χ0) is 10.4. The van der Waals surface area contributed by atoms with Gasteiger partial charge in [-0.25, -0.2) is 9.97 Å². The van der Waals surface area contributed by atoms with E-state index in [9.17, 15) is 0 Å². The van der Waals surface area contributed by atoms with Crippen molar-refractivity contribution in [2.24, 2.45) is 0 Å². The molecule has 0 fully saturated rings. The van der Waals surface area contributed by atoms with Gasteiger partial charge >= 0.3 is 0 Å². The van der Waals surface area contributed by atoms with Crippen molar-refractivity contribution in [3.63, 3.8) is 0 Å². The van der Waals surface area contributed by atoms with Gasteiger partial charge in [0.15, 0.2) is 5.82 Å². The van der Waals surface area contributed by atoms with Gasteiger partial charge in [0.05, 0.1) is 31.1 Å². The first-order chi connectivity index (χ1) is 6.77. The van der Waals surface area contributed by atoms with Gasteiger partial charge < -0.3 is 20.9 Å². The molecule has 1 rings (SSSR count). The van der Waals surface area contributed by atoms with E-state index in [0.29, 0.717) is 18.1 Å². The number of aromatic nitrogens is 2. The zero-order valence-electron chi connectivity index (χ0n) is 7.97. The molecular weight excluding hydrogens is 184 g/mol. The van der Waals surface area contributed by atoms with Crippen LogP contribution in [0.3, 0.4) is 0 Å². The molecule has 4 N–H and O–H groups in total. The lowest BCUT2D eigenvalue weighted by atomic mass is 10.3. The molecule has 14 heavy (non-hydrogen) atoms. The summed E-state index contributed by atoms with van der Waals surface area (Å²) in [6, 6.07) is -0.211. The number of rotatable bonds is 5. The number of aliphatic hydroxyl groups excluding tert-OH is 1. The fourth-order valence-corrected chi connectivity index (χ4v) is 0.996. The van der Waals surface area contributed by atoms with E-state index in [1.165, 1.54) is 12.5 Å². The summed E-state index contributed by atoms with van der Waals surface area (Å²) in [5.74, 6) is 0.510. The Bertz CT molecular complexity index is 282. The average Bonchev–Trinajstić information content (AvgIpc) is 2.20. The van der Waals surface area contributed by atoms with E-state index in [2.05, 4.69) is 15.3 Å². The molecule has 0 amide bonds. The fourth-order valence-electron chi connectivity index (χ4n) is 0.996. The van der Waals surface area contributed by atoms with Crippen molar-refractivity contribution in [2.45, 2.75) is 6.04 Å². The first kappa shape index (κ1) is 10.7. The maximum atomic E-state index is 8.98. The summed E-state index contributed by atoms with van der Waals surface area (Å²) in [5, 5.41) is 11.9. The highest BCUT2D eigenvalue weighted by atomic mass is 16.5. The molecule has 0 bridgehead atoms. The summed E-state index contributed by atoms with van der Waals surface area (Å²) in [7, 11) is 1.56. The molecule has 0 aliphatic heterocycles. The first-order valence-corrected chi connectivity index (χ1v) is 4.19. The van der Waals surface area contributed by atoms with Crippen LogP contribution in [0.15, 0.2) is 12.5 Å². The lowest BCUT2D eigenvalue weighted by molar-refractivity contribution is 0.153. The van der Waals surface area contributed by atoms with Crippen molar-refractivity contribution in [3.8, 4) is 0 Å². The Morgan fingerprint density at radius 3 is 3.07 bits per heavy atom. The summed E-state index contributed by atoms with van der Waals surface area (Å²) < 4.78 is 4.90. The highest BCUT2D eigenvalue weighted by Gasteiger charge is 2.08. The van der Waals surface area contributed by atoms with Gasteiger partial charge in [0.1, 0.15) is 6.33 Å². The van der Waals surface area contributed by atoms with Crippen LogP contribution in [0.5, 0.6) is 0 Å². The Morgan fingerprint density at radius 1 is 1.71 bits per heavy atom. The normalized spacial score (nSPS) is 12.4. The maximum Gasteiger partial charge on any atom is 0.153 e. The second-order valence-corrected chi connectivity index (χ2v) is 2.81. The van der Waals surface area contributed by atoms with E-state index in [0.717, 1.165) is 0 Å². The van der Waals surface area contributed by atoms with Crippen molar-refractivity contribution < 1.29 is 9.84 Å². The highest BCUT2D eigenvalue weighted by Crippen LogP contribution is 2.12. The van der Waals surface area contributed by atoms with E-state index in [1.807, 2.05) is 0 Å². The predicted molar refractivity (Wildman–Crippen MR) is 52.8 cm³/mol. The van der Waals surface area contributed by atoms with Crippen molar-refractivity contribution in [1.82, 2.24) is 9.97 Å². The van der Waals surface area contributed by atoms with Gasteiger partial charge in [0.25, 0.3) is 0 Å². The molecule has 6 heteroatoms. The molecule has 0 radical (unpaired) electrons. The molecule has 0 spiro atoms. The third-order valence-electron chi connectivity index (χ3n) is 1.67. The minimum atomic E-state index is -0.211. The third-order valence-corrected chi connectivity index (χ3v) is 1.67. The molecule has 0 aliphatic carbocycles. The Balaban J connectivity index is 2.62. The summed E-state index contributed by atoms with van der Waals surface area (Å²) >= 11 is 0. The molecule has 0 aliphatic rings. The number of methoxy groups -OCH3 is 1. The number of nitrogens with two attached hydrogens (primary N) is 1. The van der Waals surface area contributed by atoms with Crippen LogP contribution in [-0.4, -0.2) is 41.4 Å². The monoisotopic (exact) mass is 198 g/mol. The van der Waals surface area contributed by atoms with Gasteiger partial charge in [-0.05, 0) is 0 Å². The molecule has 1 atom stereocenters. The van der Waals surface area contributed by atoms with Crippen LogP contribution in [-0.2, 0) is 4.74 Å². The van der Waals surface area contributed by atoms with Crippen LogP contribution < -0.4 is 11.1 Å². The second-order valence-electron chi connectivity index (χ2n) is 2.81. The van der Waals surface area contributed by atoms with Gasteiger partial charge in [0.2, 0.25) is 0 Å². The molecule has 0 saturated carbocycles. The fraction of sp³-hybridized carbons (Fsp3) is 0.500. The third kappa shape index (κ3) is 2.82. The van der Waals surface area contributed by atoms with Crippen molar-refractivity contribution in [2.75, 3.05) is 31.4 Å². The molecule has 0 aromatic carbocycles. The summed E-state index contributed by atoms with van der Waals surface area (Å²) in [4.78, 5) is 7.69. The van der Waals surface area contributed by atoms with E-state index in [1.54, 1.807) is 7.11 Å². The maximum absolute atomic E-state index is 8.98. The second kappa shape index (κ2) is 5.36. The number of nitrogen functional groups attached to an aromatic ring is 1. The number of ether oxygens (including phenoxy) is 1. The Kier molecular flexibility index (Phi) is 4.09. The Hall–Kier alpha value is -1.40. The molecule has 1 unspecified atom stereocenters. The molecule has 6 nitrogen and oxygen atoms in total. The first-order valence-electron chi connectivity index (χ1n) is 4.19. The van der Waals surface area contributed by atoms with Crippen LogP contribution in [0, 0.1) is 0 Å². The number of nitrogens with zero attached hydrogens (tertiary/aromatic N) is 2. The average molecular weight is 198 g/mol. The highest BCUT2D eigenvalue weighted by molar-refractivity contribution is 5.59. The van der Waals surface area contributed by atoms with Crippen LogP contribution in [0.25, 0.3) is 0 Å². The lowest BCUT2D eigenvalue weighted by Crippen LogP contribution is -2.29. The quantitative estimate of drug-likeness (QED) is 0.589. The number of aliphatic hydroxyl groups is 1. The smallest absolute Gasteiger partial charge is 0.153 e. The van der Waals surface area contributed by atoms with E-state index in [4.69, 9.17) is 15.6 Å². The van der Waals surface area contributed by atoms with Gasteiger partial charge in [-0.3, -0.25) is 0 Å². The largest absolute Gasteiger partial charge is 0.394 e. The molecule has 1 aromatic heterocycles. The Morgan fingerprint density at radius 2 is 2.50 bits per heavy atom. The molecule has 1 aromatic rings. The van der Waals surface area contributed by atoms with Crippen LogP contribution in [0.1, 0.15) is 0 Å². The van der Waals surface area contributed by atoms with Crippen molar-refractivity contribution >= 4 is 11.5 Å². The summed E-state index contributed by atoms with van der Waals surface area (Å²) in [6.45, 7) is 0.344. The van der Waals surface area contributed by atoms with Gasteiger partial charge in [0, 0.05) is 7.11 Å².